The minimum Gasteiger partial charge on any atom is -0.377 e. The van der Waals surface area contributed by atoms with Crippen molar-refractivity contribution < 1.29 is 14.3 Å². The van der Waals surface area contributed by atoms with Gasteiger partial charge in [0.1, 0.15) is 6.04 Å². The van der Waals surface area contributed by atoms with Crippen LogP contribution in [0.3, 0.4) is 0 Å². The number of morpholine rings is 1. The van der Waals surface area contributed by atoms with Crippen LogP contribution in [0.2, 0.25) is 0 Å². The number of nitrogens with zero attached hydrogens (tertiary/aromatic N) is 1. The van der Waals surface area contributed by atoms with Gasteiger partial charge in [0.05, 0.1) is 18.8 Å². The molecule has 0 saturated carbocycles. The van der Waals surface area contributed by atoms with E-state index in [0.29, 0.717) is 19.7 Å². The summed E-state index contributed by atoms with van der Waals surface area (Å²) in [7, 11) is 0. The largest absolute Gasteiger partial charge is 0.377 e. The second kappa shape index (κ2) is 6.15. The summed E-state index contributed by atoms with van der Waals surface area (Å²) in [6.07, 6.45) is 0.857. The number of hydrogen-bond donors (Lipinski definition) is 2. The molecule has 2 amide bonds. The van der Waals surface area contributed by atoms with Gasteiger partial charge in [0, 0.05) is 13.1 Å². The van der Waals surface area contributed by atoms with E-state index in [-0.39, 0.29) is 18.4 Å². The highest BCUT2D eigenvalue weighted by molar-refractivity contribution is 5.91. The number of hydrogen-bond acceptors (Lipinski definition) is 4. The molecule has 104 valence electrons. The number of amides is 2. The molecule has 0 aromatic rings. The minimum absolute atomic E-state index is 0.172. The first-order chi connectivity index (χ1) is 8.38. The summed E-state index contributed by atoms with van der Waals surface area (Å²) in [6.45, 7) is 6.95. The average Bonchev–Trinajstić information content (AvgIpc) is 2.34. The zero-order valence-corrected chi connectivity index (χ0v) is 11.4. The van der Waals surface area contributed by atoms with Crippen molar-refractivity contribution in [1.29, 1.82) is 0 Å². The number of rotatable bonds is 4. The normalized spacial score (nSPS) is 20.7. The van der Waals surface area contributed by atoms with Gasteiger partial charge in [-0.05, 0) is 20.3 Å². The number of ether oxygens (including phenoxy) is 1. The SMILES string of the molecule is CCCNC(=O)C1COCCN1C(=O)C(C)(C)N. The van der Waals surface area contributed by atoms with Crippen molar-refractivity contribution in [3.63, 3.8) is 0 Å². The summed E-state index contributed by atoms with van der Waals surface area (Å²) < 4.78 is 5.28. The summed E-state index contributed by atoms with van der Waals surface area (Å²) in [4.78, 5) is 25.7. The summed E-state index contributed by atoms with van der Waals surface area (Å²) in [5.74, 6) is -0.392. The van der Waals surface area contributed by atoms with Gasteiger partial charge in [-0.3, -0.25) is 9.59 Å². The Morgan fingerprint density at radius 1 is 1.50 bits per heavy atom. The van der Waals surface area contributed by atoms with E-state index in [9.17, 15) is 9.59 Å². The van der Waals surface area contributed by atoms with Gasteiger partial charge in [0.2, 0.25) is 11.8 Å². The monoisotopic (exact) mass is 257 g/mol. The predicted molar refractivity (Wildman–Crippen MR) is 67.9 cm³/mol. The molecule has 0 aromatic carbocycles. The topological polar surface area (TPSA) is 84.7 Å². The van der Waals surface area contributed by atoms with Crippen molar-refractivity contribution in [3.8, 4) is 0 Å². The van der Waals surface area contributed by atoms with E-state index in [0.717, 1.165) is 6.42 Å². The second-order valence-corrected chi connectivity index (χ2v) is 5.10. The van der Waals surface area contributed by atoms with Crippen LogP contribution in [0.1, 0.15) is 27.2 Å². The van der Waals surface area contributed by atoms with Crippen molar-refractivity contribution in [1.82, 2.24) is 10.2 Å². The molecule has 1 fully saturated rings. The lowest BCUT2D eigenvalue weighted by Crippen LogP contribution is -2.61. The minimum atomic E-state index is -0.972. The second-order valence-electron chi connectivity index (χ2n) is 5.10. The van der Waals surface area contributed by atoms with Crippen molar-refractivity contribution >= 4 is 11.8 Å². The fourth-order valence-electron chi connectivity index (χ4n) is 1.80. The summed E-state index contributed by atoms with van der Waals surface area (Å²) in [6, 6.07) is -0.569. The maximum atomic E-state index is 12.2. The van der Waals surface area contributed by atoms with Crippen LogP contribution in [-0.2, 0) is 14.3 Å². The maximum absolute atomic E-state index is 12.2. The zero-order valence-electron chi connectivity index (χ0n) is 11.4. The van der Waals surface area contributed by atoms with Gasteiger partial charge < -0.3 is 20.7 Å². The van der Waals surface area contributed by atoms with Crippen molar-refractivity contribution in [2.75, 3.05) is 26.3 Å². The third-order valence-electron chi connectivity index (χ3n) is 2.79. The Balaban J connectivity index is 2.74. The molecule has 1 unspecified atom stereocenters. The molecule has 1 saturated heterocycles. The molecule has 6 heteroatoms. The highest BCUT2D eigenvalue weighted by Crippen LogP contribution is 2.13. The standard InChI is InChI=1S/C12H23N3O3/c1-4-5-14-10(16)9-8-18-7-6-15(9)11(17)12(2,3)13/h9H,4-8,13H2,1-3H3,(H,14,16). The van der Waals surface area contributed by atoms with Crippen LogP contribution in [0.4, 0.5) is 0 Å². The third kappa shape index (κ3) is 3.68. The van der Waals surface area contributed by atoms with E-state index < -0.39 is 11.6 Å². The summed E-state index contributed by atoms with van der Waals surface area (Å²) in [5, 5.41) is 2.78. The Labute approximate surface area is 108 Å². The first kappa shape index (κ1) is 14.9. The number of carbonyl (C=O) groups excluding carboxylic acids is 2. The molecule has 18 heavy (non-hydrogen) atoms. The zero-order chi connectivity index (χ0) is 13.8. The molecular formula is C12H23N3O3. The van der Waals surface area contributed by atoms with Crippen LogP contribution in [0, 0.1) is 0 Å². The Bertz CT molecular complexity index is 312. The molecular weight excluding hydrogens is 234 g/mol. The molecule has 1 aliphatic rings. The van der Waals surface area contributed by atoms with E-state index in [1.165, 1.54) is 4.90 Å². The smallest absolute Gasteiger partial charge is 0.245 e. The molecule has 3 N–H and O–H groups in total. The molecule has 1 rings (SSSR count). The van der Waals surface area contributed by atoms with Gasteiger partial charge in [-0.25, -0.2) is 0 Å². The van der Waals surface area contributed by atoms with Gasteiger partial charge in [-0.15, -0.1) is 0 Å². The first-order valence-corrected chi connectivity index (χ1v) is 6.33. The van der Waals surface area contributed by atoms with Crippen LogP contribution in [0.5, 0.6) is 0 Å². The van der Waals surface area contributed by atoms with E-state index in [2.05, 4.69) is 5.32 Å². The Kier molecular flexibility index (Phi) is 5.10. The van der Waals surface area contributed by atoms with Crippen LogP contribution in [0.25, 0.3) is 0 Å². The highest BCUT2D eigenvalue weighted by atomic mass is 16.5. The Hall–Kier alpha value is -1.14. The van der Waals surface area contributed by atoms with Crippen molar-refractivity contribution in [2.24, 2.45) is 5.73 Å². The first-order valence-electron chi connectivity index (χ1n) is 6.33. The van der Waals surface area contributed by atoms with E-state index in [4.69, 9.17) is 10.5 Å². The molecule has 6 nitrogen and oxygen atoms in total. The van der Waals surface area contributed by atoms with Crippen LogP contribution >= 0.6 is 0 Å². The van der Waals surface area contributed by atoms with Crippen LogP contribution in [-0.4, -0.2) is 54.6 Å². The number of nitrogens with two attached hydrogens (primary N) is 1. The molecule has 0 spiro atoms. The molecule has 0 radical (unpaired) electrons. The van der Waals surface area contributed by atoms with Crippen molar-refractivity contribution in [2.45, 2.75) is 38.8 Å². The quantitative estimate of drug-likeness (QED) is 0.709. The van der Waals surface area contributed by atoms with Gasteiger partial charge in [0.15, 0.2) is 0 Å². The summed E-state index contributed by atoms with van der Waals surface area (Å²) >= 11 is 0. The highest BCUT2D eigenvalue weighted by Gasteiger charge is 2.37. The molecule has 1 atom stereocenters. The maximum Gasteiger partial charge on any atom is 0.245 e. The Morgan fingerprint density at radius 2 is 2.17 bits per heavy atom. The van der Waals surface area contributed by atoms with Gasteiger partial charge >= 0.3 is 0 Å². The fourth-order valence-corrected chi connectivity index (χ4v) is 1.80. The average molecular weight is 257 g/mol. The predicted octanol–water partition coefficient (Wildman–Crippen LogP) is -0.523. The number of nitrogens with one attached hydrogen (secondary N) is 1. The van der Waals surface area contributed by atoms with E-state index >= 15 is 0 Å². The number of carbonyl (C=O) groups is 2. The van der Waals surface area contributed by atoms with Gasteiger partial charge in [-0.2, -0.15) is 0 Å². The lowest BCUT2D eigenvalue weighted by molar-refractivity contribution is -0.151. The van der Waals surface area contributed by atoms with Crippen molar-refractivity contribution in [3.05, 3.63) is 0 Å². The lowest BCUT2D eigenvalue weighted by atomic mass is 10.0. The molecule has 1 heterocycles. The van der Waals surface area contributed by atoms with E-state index in [1.807, 2.05) is 6.92 Å². The fraction of sp³-hybridized carbons (Fsp3) is 0.833. The Morgan fingerprint density at radius 3 is 2.72 bits per heavy atom. The molecule has 0 aliphatic carbocycles. The van der Waals surface area contributed by atoms with Crippen LogP contribution < -0.4 is 11.1 Å². The molecule has 1 aliphatic heterocycles. The molecule has 0 aromatic heterocycles. The van der Waals surface area contributed by atoms with Gasteiger partial charge in [-0.1, -0.05) is 6.92 Å². The summed E-state index contributed by atoms with van der Waals surface area (Å²) in [5.41, 5.74) is 4.84. The third-order valence-corrected chi connectivity index (χ3v) is 2.79. The van der Waals surface area contributed by atoms with Crippen LogP contribution in [0.15, 0.2) is 0 Å². The lowest BCUT2D eigenvalue weighted by Gasteiger charge is -2.37. The van der Waals surface area contributed by atoms with E-state index in [1.54, 1.807) is 13.8 Å². The van der Waals surface area contributed by atoms with Gasteiger partial charge in [0.25, 0.3) is 0 Å². The molecule has 0 bridgehead atoms.